The molecule has 0 aliphatic rings. The molecule has 6 heteroatoms. The van der Waals surface area contributed by atoms with Gasteiger partial charge >= 0.3 is 0 Å². The Bertz CT molecular complexity index is 332. The Balaban J connectivity index is 2.80. The van der Waals surface area contributed by atoms with Crippen LogP contribution in [-0.2, 0) is 6.42 Å². The summed E-state index contributed by atoms with van der Waals surface area (Å²) in [5.74, 6) is 1.20. The molecule has 0 aliphatic carbocycles. The standard InChI is InChI=1S/C9H15ClN4O/c1-2-6-13-8(10)7(11)9(14-6)12-4-3-5-15/h15H,2-5,11H2,1H3,(H,12,13,14). The van der Waals surface area contributed by atoms with Crippen LogP contribution in [0.5, 0.6) is 0 Å². The van der Waals surface area contributed by atoms with Gasteiger partial charge in [-0.15, -0.1) is 0 Å². The van der Waals surface area contributed by atoms with E-state index in [1.165, 1.54) is 0 Å². The zero-order chi connectivity index (χ0) is 11.3. The molecular formula is C9H15ClN4O. The molecule has 4 N–H and O–H groups in total. The fourth-order valence-electron chi connectivity index (χ4n) is 1.06. The van der Waals surface area contributed by atoms with Gasteiger partial charge in [0.05, 0.1) is 0 Å². The number of aliphatic hydroxyl groups excluding tert-OH is 1. The van der Waals surface area contributed by atoms with Crippen LogP contribution in [0.4, 0.5) is 11.5 Å². The smallest absolute Gasteiger partial charge is 0.157 e. The highest BCUT2D eigenvalue weighted by Crippen LogP contribution is 2.23. The predicted molar refractivity (Wildman–Crippen MR) is 61.0 cm³/mol. The molecule has 0 saturated carbocycles. The molecule has 15 heavy (non-hydrogen) atoms. The molecule has 0 unspecified atom stereocenters. The zero-order valence-electron chi connectivity index (χ0n) is 8.63. The second-order valence-electron chi connectivity index (χ2n) is 3.05. The van der Waals surface area contributed by atoms with Gasteiger partial charge in [0.1, 0.15) is 11.5 Å². The lowest BCUT2D eigenvalue weighted by Gasteiger charge is -2.09. The fourth-order valence-corrected chi connectivity index (χ4v) is 1.25. The van der Waals surface area contributed by atoms with Crippen LogP contribution in [0, 0.1) is 0 Å². The topological polar surface area (TPSA) is 84.1 Å². The molecule has 0 atom stereocenters. The number of aryl methyl sites for hydroxylation is 1. The normalized spacial score (nSPS) is 10.3. The highest BCUT2D eigenvalue weighted by Gasteiger charge is 2.08. The van der Waals surface area contributed by atoms with Crippen LogP contribution in [0.15, 0.2) is 0 Å². The van der Waals surface area contributed by atoms with E-state index in [1.807, 2.05) is 6.92 Å². The molecule has 1 aromatic heterocycles. The molecule has 1 heterocycles. The number of hydrogen-bond donors (Lipinski definition) is 3. The molecule has 0 aliphatic heterocycles. The highest BCUT2D eigenvalue weighted by molar-refractivity contribution is 6.32. The molecule has 0 saturated heterocycles. The van der Waals surface area contributed by atoms with Gasteiger partial charge in [0.2, 0.25) is 0 Å². The van der Waals surface area contributed by atoms with Crippen LogP contribution in [0.1, 0.15) is 19.2 Å². The lowest BCUT2D eigenvalue weighted by atomic mass is 10.4. The molecule has 0 fully saturated rings. The maximum Gasteiger partial charge on any atom is 0.157 e. The molecule has 5 nitrogen and oxygen atoms in total. The van der Waals surface area contributed by atoms with Gasteiger partial charge < -0.3 is 16.2 Å². The van der Waals surface area contributed by atoms with Crippen LogP contribution < -0.4 is 11.1 Å². The SMILES string of the molecule is CCc1nc(Cl)c(N)c(NCCCO)n1. The molecular weight excluding hydrogens is 216 g/mol. The Hall–Kier alpha value is -1.07. The molecule has 0 bridgehead atoms. The van der Waals surface area contributed by atoms with Gasteiger partial charge in [0, 0.05) is 19.6 Å². The summed E-state index contributed by atoms with van der Waals surface area (Å²) in [4.78, 5) is 8.23. The van der Waals surface area contributed by atoms with Gasteiger partial charge in [-0.3, -0.25) is 0 Å². The first-order chi connectivity index (χ1) is 7.19. The van der Waals surface area contributed by atoms with Gasteiger partial charge in [-0.25, -0.2) is 9.97 Å². The van der Waals surface area contributed by atoms with Crippen molar-refractivity contribution >= 4 is 23.1 Å². The maximum atomic E-state index is 8.64. The first-order valence-electron chi connectivity index (χ1n) is 4.85. The Morgan fingerprint density at radius 1 is 1.47 bits per heavy atom. The van der Waals surface area contributed by atoms with Crippen LogP contribution in [0.3, 0.4) is 0 Å². The summed E-state index contributed by atoms with van der Waals surface area (Å²) in [6, 6.07) is 0. The fraction of sp³-hybridized carbons (Fsp3) is 0.556. The number of nitrogen functional groups attached to an aromatic ring is 1. The summed E-state index contributed by atoms with van der Waals surface area (Å²) < 4.78 is 0. The van der Waals surface area contributed by atoms with Crippen molar-refractivity contribution < 1.29 is 5.11 Å². The average molecular weight is 231 g/mol. The predicted octanol–water partition coefficient (Wildman–Crippen LogP) is 1.07. The number of nitrogens with two attached hydrogens (primary N) is 1. The van der Waals surface area contributed by atoms with Crippen LogP contribution in [0.2, 0.25) is 5.15 Å². The number of hydrogen-bond acceptors (Lipinski definition) is 5. The van der Waals surface area contributed by atoms with Crippen molar-refractivity contribution in [1.82, 2.24) is 9.97 Å². The number of aliphatic hydroxyl groups is 1. The molecule has 0 aromatic carbocycles. The highest BCUT2D eigenvalue weighted by atomic mass is 35.5. The van der Waals surface area contributed by atoms with Gasteiger partial charge in [0.25, 0.3) is 0 Å². The maximum absolute atomic E-state index is 8.64. The zero-order valence-corrected chi connectivity index (χ0v) is 9.38. The molecule has 1 rings (SSSR count). The van der Waals surface area contributed by atoms with Crippen molar-refractivity contribution in [2.24, 2.45) is 0 Å². The summed E-state index contributed by atoms with van der Waals surface area (Å²) in [6.45, 7) is 2.68. The third-order valence-corrected chi connectivity index (χ3v) is 2.18. The number of nitrogens with zero attached hydrogens (tertiary/aromatic N) is 2. The first-order valence-corrected chi connectivity index (χ1v) is 5.23. The number of halogens is 1. The molecule has 0 amide bonds. The van der Waals surface area contributed by atoms with E-state index in [2.05, 4.69) is 15.3 Å². The summed E-state index contributed by atoms with van der Waals surface area (Å²) >= 11 is 5.85. The number of anilines is 2. The van der Waals surface area contributed by atoms with Gasteiger partial charge in [-0.1, -0.05) is 18.5 Å². The third kappa shape index (κ3) is 3.21. The van der Waals surface area contributed by atoms with Crippen LogP contribution in [-0.4, -0.2) is 28.2 Å². The summed E-state index contributed by atoms with van der Waals surface area (Å²) in [6.07, 6.45) is 1.34. The van der Waals surface area contributed by atoms with Crippen molar-refractivity contribution in [2.45, 2.75) is 19.8 Å². The van der Waals surface area contributed by atoms with Crippen molar-refractivity contribution in [2.75, 3.05) is 24.2 Å². The Kier molecular flexibility index (Phi) is 4.58. The van der Waals surface area contributed by atoms with Crippen LogP contribution in [0.25, 0.3) is 0 Å². The lowest BCUT2D eigenvalue weighted by molar-refractivity contribution is 0.292. The van der Waals surface area contributed by atoms with Crippen LogP contribution >= 0.6 is 11.6 Å². The minimum absolute atomic E-state index is 0.131. The van der Waals surface area contributed by atoms with E-state index in [1.54, 1.807) is 0 Å². The average Bonchev–Trinajstić information content (AvgIpc) is 2.24. The van der Waals surface area contributed by atoms with E-state index in [0.29, 0.717) is 36.7 Å². The number of rotatable bonds is 5. The number of aromatic nitrogens is 2. The minimum Gasteiger partial charge on any atom is -0.396 e. The summed E-state index contributed by atoms with van der Waals surface area (Å²) in [5, 5.41) is 11.9. The van der Waals surface area contributed by atoms with Gasteiger partial charge in [0.15, 0.2) is 11.0 Å². The van der Waals surface area contributed by atoms with Crippen molar-refractivity contribution in [3.8, 4) is 0 Å². The Labute approximate surface area is 93.7 Å². The summed E-state index contributed by atoms with van der Waals surface area (Å²) in [7, 11) is 0. The Morgan fingerprint density at radius 2 is 2.20 bits per heavy atom. The lowest BCUT2D eigenvalue weighted by Crippen LogP contribution is -2.10. The second kappa shape index (κ2) is 5.72. The van der Waals surface area contributed by atoms with E-state index in [9.17, 15) is 0 Å². The monoisotopic (exact) mass is 230 g/mol. The van der Waals surface area contributed by atoms with E-state index >= 15 is 0 Å². The van der Waals surface area contributed by atoms with Gasteiger partial charge in [-0.05, 0) is 6.42 Å². The molecule has 84 valence electrons. The molecule has 0 radical (unpaired) electrons. The minimum atomic E-state index is 0.131. The van der Waals surface area contributed by atoms with E-state index < -0.39 is 0 Å². The second-order valence-corrected chi connectivity index (χ2v) is 3.41. The van der Waals surface area contributed by atoms with Crippen molar-refractivity contribution in [3.05, 3.63) is 11.0 Å². The summed E-state index contributed by atoms with van der Waals surface area (Å²) in [5.41, 5.74) is 6.06. The van der Waals surface area contributed by atoms with E-state index in [-0.39, 0.29) is 11.8 Å². The quantitative estimate of drug-likeness (QED) is 0.521. The third-order valence-electron chi connectivity index (χ3n) is 1.89. The Morgan fingerprint density at radius 3 is 2.80 bits per heavy atom. The van der Waals surface area contributed by atoms with Crippen molar-refractivity contribution in [3.63, 3.8) is 0 Å². The van der Waals surface area contributed by atoms with Crippen molar-refractivity contribution in [1.29, 1.82) is 0 Å². The van der Waals surface area contributed by atoms with Gasteiger partial charge in [-0.2, -0.15) is 0 Å². The van der Waals surface area contributed by atoms with E-state index in [4.69, 9.17) is 22.4 Å². The molecule has 0 spiro atoms. The molecule has 1 aromatic rings. The largest absolute Gasteiger partial charge is 0.396 e. The first kappa shape index (κ1) is 12.0. The van der Waals surface area contributed by atoms with E-state index in [0.717, 1.165) is 0 Å². The number of nitrogens with one attached hydrogen (secondary N) is 1.